The maximum atomic E-state index is 12.2. The van der Waals surface area contributed by atoms with Crippen LogP contribution in [0.3, 0.4) is 0 Å². The van der Waals surface area contributed by atoms with Gasteiger partial charge >= 0.3 is 6.03 Å². The molecule has 0 aromatic heterocycles. The molecule has 5 nitrogen and oxygen atoms in total. The fourth-order valence-electron chi connectivity index (χ4n) is 3.47. The minimum Gasteiger partial charge on any atom is -0.373 e. The van der Waals surface area contributed by atoms with Crippen LogP contribution in [-0.2, 0) is 4.74 Å². The van der Waals surface area contributed by atoms with Crippen LogP contribution >= 0.6 is 0 Å². The van der Waals surface area contributed by atoms with Crippen LogP contribution in [0, 0.1) is 0 Å². The van der Waals surface area contributed by atoms with E-state index in [0.29, 0.717) is 6.54 Å². The molecule has 1 aliphatic heterocycles. The maximum absolute atomic E-state index is 12.2. The number of morpholine rings is 1. The molecule has 2 atom stereocenters. The first-order valence-corrected chi connectivity index (χ1v) is 9.02. The van der Waals surface area contributed by atoms with Crippen molar-refractivity contribution >= 4 is 22.5 Å². The first-order chi connectivity index (χ1) is 12.1. The van der Waals surface area contributed by atoms with Gasteiger partial charge in [-0.05, 0) is 31.7 Å². The predicted octanol–water partition coefficient (Wildman–Crippen LogP) is 3.46. The Bertz CT molecular complexity index is 704. The minimum atomic E-state index is -0.153. The summed E-state index contributed by atoms with van der Waals surface area (Å²) in [5.41, 5.74) is 0.839. The van der Waals surface area contributed by atoms with E-state index in [0.717, 1.165) is 42.5 Å². The second kappa shape index (κ2) is 8.32. The summed E-state index contributed by atoms with van der Waals surface area (Å²) >= 11 is 0. The molecule has 5 heteroatoms. The van der Waals surface area contributed by atoms with Gasteiger partial charge in [-0.25, -0.2) is 4.79 Å². The van der Waals surface area contributed by atoms with E-state index in [4.69, 9.17) is 4.74 Å². The van der Waals surface area contributed by atoms with Crippen molar-refractivity contribution in [3.63, 3.8) is 0 Å². The lowest BCUT2D eigenvalue weighted by molar-refractivity contribution is -0.0679. The van der Waals surface area contributed by atoms with Gasteiger partial charge in [0.15, 0.2) is 0 Å². The summed E-state index contributed by atoms with van der Waals surface area (Å²) in [5.74, 6) is 0. The lowest BCUT2D eigenvalue weighted by atomic mass is 10.1. The normalized spacial score (nSPS) is 21.2. The number of nitrogens with one attached hydrogen (secondary N) is 2. The smallest absolute Gasteiger partial charge is 0.319 e. The highest BCUT2D eigenvalue weighted by atomic mass is 16.5. The number of nitrogens with zero attached hydrogens (tertiary/aromatic N) is 1. The zero-order valence-electron chi connectivity index (χ0n) is 15.0. The first-order valence-electron chi connectivity index (χ1n) is 9.02. The van der Waals surface area contributed by atoms with E-state index in [1.165, 1.54) is 0 Å². The van der Waals surface area contributed by atoms with E-state index in [2.05, 4.69) is 29.4 Å². The number of hydrogen-bond acceptors (Lipinski definition) is 3. The number of carbonyl (C=O) groups excluding carboxylic acids is 1. The molecule has 2 N–H and O–H groups in total. The number of amides is 2. The lowest BCUT2D eigenvalue weighted by Gasteiger charge is -2.35. The van der Waals surface area contributed by atoms with Gasteiger partial charge < -0.3 is 15.4 Å². The fourth-order valence-corrected chi connectivity index (χ4v) is 3.47. The Morgan fingerprint density at radius 2 is 1.84 bits per heavy atom. The molecule has 1 saturated heterocycles. The molecule has 0 aliphatic carbocycles. The van der Waals surface area contributed by atoms with Crippen LogP contribution in [0.25, 0.3) is 10.8 Å². The minimum absolute atomic E-state index is 0.153. The van der Waals surface area contributed by atoms with E-state index >= 15 is 0 Å². The molecule has 0 saturated carbocycles. The number of hydrogen-bond donors (Lipinski definition) is 2. The van der Waals surface area contributed by atoms with Crippen LogP contribution in [0.15, 0.2) is 42.5 Å². The third kappa shape index (κ3) is 4.94. The Morgan fingerprint density at radius 3 is 2.64 bits per heavy atom. The van der Waals surface area contributed by atoms with Gasteiger partial charge in [0.1, 0.15) is 0 Å². The van der Waals surface area contributed by atoms with Crippen molar-refractivity contribution in [2.24, 2.45) is 0 Å². The fraction of sp³-hybridized carbons (Fsp3) is 0.450. The van der Waals surface area contributed by atoms with Gasteiger partial charge in [-0.3, -0.25) is 4.90 Å². The Labute approximate surface area is 149 Å². The standard InChI is InChI=1S/C20H27N3O2/c1-15-13-23(14-16(2)25-15)12-6-11-21-20(24)22-19-10-5-8-17-7-3-4-9-18(17)19/h3-5,7-10,15-16H,6,11-14H2,1-2H3,(H2,21,22,24). The van der Waals surface area contributed by atoms with Crippen molar-refractivity contribution in [1.29, 1.82) is 0 Å². The number of rotatable bonds is 5. The topological polar surface area (TPSA) is 53.6 Å². The van der Waals surface area contributed by atoms with Gasteiger partial charge in [-0.2, -0.15) is 0 Å². The number of ether oxygens (including phenoxy) is 1. The second-order valence-corrected chi connectivity index (χ2v) is 6.78. The summed E-state index contributed by atoms with van der Waals surface area (Å²) in [6.07, 6.45) is 1.50. The molecule has 2 aromatic rings. The van der Waals surface area contributed by atoms with Gasteiger partial charge in [0.25, 0.3) is 0 Å². The summed E-state index contributed by atoms with van der Waals surface area (Å²) in [7, 11) is 0. The number of carbonyl (C=O) groups is 1. The molecule has 0 bridgehead atoms. The second-order valence-electron chi connectivity index (χ2n) is 6.78. The average Bonchev–Trinajstić information content (AvgIpc) is 2.58. The van der Waals surface area contributed by atoms with Crippen LogP contribution < -0.4 is 10.6 Å². The quantitative estimate of drug-likeness (QED) is 0.819. The number of urea groups is 1. The summed E-state index contributed by atoms with van der Waals surface area (Å²) < 4.78 is 5.74. The lowest BCUT2D eigenvalue weighted by Crippen LogP contribution is -2.46. The molecule has 1 aliphatic rings. The van der Waals surface area contributed by atoms with Crippen molar-refractivity contribution < 1.29 is 9.53 Å². The summed E-state index contributed by atoms with van der Waals surface area (Å²) in [4.78, 5) is 14.6. The number of benzene rings is 2. The molecule has 134 valence electrons. The molecular weight excluding hydrogens is 314 g/mol. The molecule has 2 unspecified atom stereocenters. The van der Waals surface area contributed by atoms with Crippen molar-refractivity contribution in [2.45, 2.75) is 32.5 Å². The van der Waals surface area contributed by atoms with Crippen LogP contribution in [-0.4, -0.2) is 49.3 Å². The van der Waals surface area contributed by atoms with E-state index in [1.54, 1.807) is 0 Å². The predicted molar refractivity (Wildman–Crippen MR) is 102 cm³/mol. The van der Waals surface area contributed by atoms with Crippen molar-refractivity contribution in [2.75, 3.05) is 31.5 Å². The molecule has 1 fully saturated rings. The van der Waals surface area contributed by atoms with Crippen molar-refractivity contribution in [3.05, 3.63) is 42.5 Å². The van der Waals surface area contributed by atoms with Gasteiger partial charge in [-0.1, -0.05) is 36.4 Å². The molecular formula is C20H27N3O2. The molecule has 3 rings (SSSR count). The summed E-state index contributed by atoms with van der Waals surface area (Å²) in [6, 6.07) is 13.8. The van der Waals surface area contributed by atoms with Gasteiger partial charge in [0.2, 0.25) is 0 Å². The Kier molecular flexibility index (Phi) is 5.89. The van der Waals surface area contributed by atoms with E-state index in [9.17, 15) is 4.79 Å². The zero-order valence-corrected chi connectivity index (χ0v) is 15.0. The molecule has 0 radical (unpaired) electrons. The molecule has 25 heavy (non-hydrogen) atoms. The molecule has 0 spiro atoms. The number of fused-ring (bicyclic) bond motifs is 1. The largest absolute Gasteiger partial charge is 0.373 e. The van der Waals surface area contributed by atoms with E-state index in [1.807, 2.05) is 42.5 Å². The molecule has 1 heterocycles. The molecule has 2 aromatic carbocycles. The third-order valence-electron chi connectivity index (χ3n) is 4.47. The van der Waals surface area contributed by atoms with Gasteiger partial charge in [-0.15, -0.1) is 0 Å². The van der Waals surface area contributed by atoms with Crippen LogP contribution in [0.4, 0.5) is 10.5 Å². The first kappa shape index (κ1) is 17.7. The molecule has 2 amide bonds. The Morgan fingerprint density at radius 1 is 1.12 bits per heavy atom. The highest BCUT2D eigenvalue weighted by Crippen LogP contribution is 2.22. The SMILES string of the molecule is CC1CN(CCCNC(=O)Nc2cccc3ccccc23)CC(C)O1. The Balaban J connectivity index is 1.44. The third-order valence-corrected chi connectivity index (χ3v) is 4.47. The Hall–Kier alpha value is -2.11. The van der Waals surface area contributed by atoms with Gasteiger partial charge in [0.05, 0.1) is 17.9 Å². The summed E-state index contributed by atoms with van der Waals surface area (Å²) in [5, 5.41) is 8.08. The summed E-state index contributed by atoms with van der Waals surface area (Å²) in [6.45, 7) is 7.79. The van der Waals surface area contributed by atoms with E-state index < -0.39 is 0 Å². The highest BCUT2D eigenvalue weighted by Gasteiger charge is 2.21. The van der Waals surface area contributed by atoms with Crippen LogP contribution in [0.2, 0.25) is 0 Å². The average molecular weight is 341 g/mol. The number of anilines is 1. The highest BCUT2D eigenvalue weighted by molar-refractivity contribution is 6.01. The van der Waals surface area contributed by atoms with Crippen molar-refractivity contribution in [1.82, 2.24) is 10.2 Å². The maximum Gasteiger partial charge on any atom is 0.319 e. The van der Waals surface area contributed by atoms with E-state index in [-0.39, 0.29) is 18.2 Å². The van der Waals surface area contributed by atoms with Crippen LogP contribution in [0.1, 0.15) is 20.3 Å². The van der Waals surface area contributed by atoms with Crippen LogP contribution in [0.5, 0.6) is 0 Å². The zero-order chi connectivity index (χ0) is 17.6. The van der Waals surface area contributed by atoms with Gasteiger partial charge in [0, 0.05) is 31.6 Å². The monoisotopic (exact) mass is 341 g/mol. The van der Waals surface area contributed by atoms with Crippen molar-refractivity contribution in [3.8, 4) is 0 Å².